The van der Waals surface area contributed by atoms with Gasteiger partial charge in [0, 0.05) is 22.4 Å². The molecule has 0 fully saturated rings. The molecule has 0 spiro atoms. The monoisotopic (exact) mass is 401 g/mol. The van der Waals surface area contributed by atoms with Crippen molar-refractivity contribution in [3.8, 4) is 0 Å². The van der Waals surface area contributed by atoms with E-state index >= 15 is 0 Å². The zero-order valence-corrected chi connectivity index (χ0v) is 17.4. The molecule has 0 aliphatic carbocycles. The summed E-state index contributed by atoms with van der Waals surface area (Å²) in [6.45, 7) is 7.93. The van der Waals surface area contributed by atoms with Crippen LogP contribution in [0.2, 0.25) is 0 Å². The molecule has 2 aromatic rings. The SMILES string of the molecule is C/C(N)=C(\SC(C)Nc1ccc(C(C)C)cc1)C(O)c1ccccc1[N+](=O)[O-]. The van der Waals surface area contributed by atoms with Crippen LogP contribution in [-0.2, 0) is 0 Å². The highest BCUT2D eigenvalue weighted by Crippen LogP contribution is 2.38. The Kier molecular flexibility index (Phi) is 7.48. The van der Waals surface area contributed by atoms with Gasteiger partial charge in [-0.25, -0.2) is 0 Å². The maximum atomic E-state index is 11.3. The van der Waals surface area contributed by atoms with Gasteiger partial charge in [0.25, 0.3) is 5.69 Å². The zero-order valence-electron chi connectivity index (χ0n) is 16.5. The Morgan fingerprint density at radius 2 is 1.75 bits per heavy atom. The van der Waals surface area contributed by atoms with Crippen molar-refractivity contribution in [3.05, 3.63) is 80.4 Å². The number of thioether (sulfide) groups is 1. The van der Waals surface area contributed by atoms with Crippen molar-refractivity contribution < 1.29 is 10.0 Å². The normalized spacial score (nSPS) is 14.4. The lowest BCUT2D eigenvalue weighted by molar-refractivity contribution is -0.386. The van der Waals surface area contributed by atoms with Crippen LogP contribution in [0.4, 0.5) is 11.4 Å². The number of benzene rings is 2. The standard InChI is InChI=1S/C21H27N3O3S/c1-13(2)16-9-11-17(12-10-16)23-15(4)28-21(14(3)22)20(25)18-7-5-6-8-19(18)24(26)27/h5-13,15,20,23,25H,22H2,1-4H3/b21-14+. The van der Waals surface area contributed by atoms with Crippen molar-refractivity contribution in [2.24, 2.45) is 5.73 Å². The van der Waals surface area contributed by atoms with Crippen molar-refractivity contribution in [2.45, 2.75) is 45.1 Å². The summed E-state index contributed by atoms with van der Waals surface area (Å²) in [6, 6.07) is 14.4. The first-order chi connectivity index (χ1) is 13.2. The second-order valence-corrected chi connectivity index (χ2v) is 8.33. The quantitative estimate of drug-likeness (QED) is 0.322. The van der Waals surface area contributed by atoms with Crippen LogP contribution >= 0.6 is 11.8 Å². The van der Waals surface area contributed by atoms with E-state index in [2.05, 4.69) is 31.3 Å². The predicted octanol–water partition coefficient (Wildman–Crippen LogP) is 5.13. The van der Waals surface area contributed by atoms with E-state index in [1.54, 1.807) is 25.1 Å². The number of nitro benzene ring substituents is 1. The summed E-state index contributed by atoms with van der Waals surface area (Å²) in [5, 5.41) is 25.4. The second-order valence-electron chi connectivity index (χ2n) is 6.95. The van der Waals surface area contributed by atoms with Gasteiger partial charge >= 0.3 is 0 Å². The molecule has 0 radical (unpaired) electrons. The average Bonchev–Trinajstić information content (AvgIpc) is 2.65. The van der Waals surface area contributed by atoms with Gasteiger partial charge in [-0.1, -0.05) is 38.1 Å². The first-order valence-electron chi connectivity index (χ1n) is 9.11. The van der Waals surface area contributed by atoms with Crippen molar-refractivity contribution in [1.82, 2.24) is 0 Å². The van der Waals surface area contributed by atoms with Crippen LogP contribution in [0.15, 0.2) is 59.1 Å². The fraction of sp³-hybridized carbons (Fsp3) is 0.333. The molecule has 2 unspecified atom stereocenters. The molecule has 2 aromatic carbocycles. The van der Waals surface area contributed by atoms with Crippen LogP contribution in [-0.4, -0.2) is 15.4 Å². The number of nitrogens with two attached hydrogens (primary N) is 1. The molecule has 0 aliphatic rings. The van der Waals surface area contributed by atoms with Gasteiger partial charge in [-0.3, -0.25) is 10.1 Å². The highest BCUT2D eigenvalue weighted by atomic mass is 32.2. The molecule has 2 rings (SSSR count). The van der Waals surface area contributed by atoms with E-state index in [-0.39, 0.29) is 16.6 Å². The minimum atomic E-state index is -1.16. The predicted molar refractivity (Wildman–Crippen MR) is 116 cm³/mol. The van der Waals surface area contributed by atoms with Crippen molar-refractivity contribution in [2.75, 3.05) is 5.32 Å². The maximum Gasteiger partial charge on any atom is 0.275 e. The molecule has 0 saturated heterocycles. The molecular weight excluding hydrogens is 374 g/mol. The van der Waals surface area contributed by atoms with Gasteiger partial charge in [0.15, 0.2) is 0 Å². The third-order valence-corrected chi connectivity index (χ3v) is 5.59. The molecule has 0 saturated carbocycles. The number of para-hydroxylation sites is 1. The van der Waals surface area contributed by atoms with Gasteiger partial charge in [0.2, 0.25) is 0 Å². The highest BCUT2D eigenvalue weighted by molar-refractivity contribution is 8.03. The van der Waals surface area contributed by atoms with E-state index in [0.717, 1.165) is 5.69 Å². The third-order valence-electron chi connectivity index (χ3n) is 4.32. The topological polar surface area (TPSA) is 101 Å². The maximum absolute atomic E-state index is 11.3. The molecule has 0 bridgehead atoms. The lowest BCUT2D eigenvalue weighted by Gasteiger charge is -2.22. The fourth-order valence-electron chi connectivity index (χ4n) is 2.82. The number of nitro groups is 1. The van der Waals surface area contributed by atoms with Crippen molar-refractivity contribution >= 4 is 23.1 Å². The number of rotatable bonds is 8. The average molecular weight is 402 g/mol. The smallest absolute Gasteiger partial charge is 0.275 e. The largest absolute Gasteiger partial charge is 0.402 e. The molecule has 150 valence electrons. The van der Waals surface area contributed by atoms with Crippen LogP contribution in [0.3, 0.4) is 0 Å². The Hall–Kier alpha value is -2.51. The number of anilines is 1. The molecule has 4 N–H and O–H groups in total. The number of nitrogens with one attached hydrogen (secondary N) is 1. The lowest BCUT2D eigenvalue weighted by atomic mass is 10.0. The number of aliphatic hydroxyl groups is 1. The number of nitrogens with zero attached hydrogens (tertiary/aromatic N) is 1. The van der Waals surface area contributed by atoms with E-state index in [1.807, 2.05) is 19.1 Å². The van der Waals surface area contributed by atoms with Crippen LogP contribution in [0.5, 0.6) is 0 Å². The van der Waals surface area contributed by atoms with Gasteiger partial charge in [-0.2, -0.15) is 0 Å². The van der Waals surface area contributed by atoms with E-state index in [9.17, 15) is 15.2 Å². The Balaban J connectivity index is 2.17. The summed E-state index contributed by atoms with van der Waals surface area (Å²) in [5.74, 6) is 0.465. The highest BCUT2D eigenvalue weighted by Gasteiger charge is 2.25. The Bertz CT molecular complexity index is 846. The van der Waals surface area contributed by atoms with Crippen molar-refractivity contribution in [3.63, 3.8) is 0 Å². The minimum absolute atomic E-state index is 0.101. The van der Waals surface area contributed by atoms with Crippen LogP contribution in [0.25, 0.3) is 0 Å². The Morgan fingerprint density at radius 1 is 1.14 bits per heavy atom. The summed E-state index contributed by atoms with van der Waals surface area (Å²) >= 11 is 1.35. The Labute approximate surface area is 170 Å². The van der Waals surface area contributed by atoms with Gasteiger partial charge in [0.05, 0.1) is 15.9 Å². The van der Waals surface area contributed by atoms with Gasteiger partial charge in [0.1, 0.15) is 6.10 Å². The third kappa shape index (κ3) is 5.50. The number of hydrogen-bond donors (Lipinski definition) is 3. The number of hydrogen-bond acceptors (Lipinski definition) is 6. The van der Waals surface area contributed by atoms with Gasteiger partial charge < -0.3 is 16.2 Å². The summed E-state index contributed by atoms with van der Waals surface area (Å²) in [7, 11) is 0. The molecule has 7 heteroatoms. The van der Waals surface area contributed by atoms with Crippen molar-refractivity contribution in [1.29, 1.82) is 0 Å². The molecule has 2 atom stereocenters. The van der Waals surface area contributed by atoms with E-state index < -0.39 is 11.0 Å². The van der Waals surface area contributed by atoms with E-state index in [1.165, 1.54) is 23.4 Å². The fourth-order valence-corrected chi connectivity index (χ4v) is 3.84. The molecule has 0 aromatic heterocycles. The number of aliphatic hydroxyl groups excluding tert-OH is 1. The van der Waals surface area contributed by atoms with E-state index in [4.69, 9.17) is 5.73 Å². The summed E-state index contributed by atoms with van der Waals surface area (Å²) < 4.78 is 0. The molecule has 28 heavy (non-hydrogen) atoms. The lowest BCUT2D eigenvalue weighted by Crippen LogP contribution is -2.15. The first kappa shape index (κ1) is 21.8. The minimum Gasteiger partial charge on any atom is -0.402 e. The van der Waals surface area contributed by atoms with Crippen LogP contribution in [0, 0.1) is 10.1 Å². The van der Waals surface area contributed by atoms with Gasteiger partial charge in [-0.05, 0) is 43.5 Å². The van der Waals surface area contributed by atoms with Crippen LogP contribution in [0.1, 0.15) is 50.8 Å². The zero-order chi connectivity index (χ0) is 20.8. The molecular formula is C21H27N3O3S. The molecule has 6 nitrogen and oxygen atoms in total. The van der Waals surface area contributed by atoms with Crippen LogP contribution < -0.4 is 11.1 Å². The summed E-state index contributed by atoms with van der Waals surface area (Å²) in [4.78, 5) is 11.3. The second kappa shape index (κ2) is 9.61. The first-order valence-corrected chi connectivity index (χ1v) is 9.99. The molecule has 0 heterocycles. The number of allylic oxidation sites excluding steroid dienone is 1. The summed E-state index contributed by atoms with van der Waals surface area (Å²) in [5.41, 5.74) is 8.75. The van der Waals surface area contributed by atoms with Gasteiger partial charge in [-0.15, -0.1) is 11.8 Å². The molecule has 0 amide bonds. The summed E-state index contributed by atoms with van der Waals surface area (Å²) in [6.07, 6.45) is -1.16. The Morgan fingerprint density at radius 3 is 2.29 bits per heavy atom. The molecule has 0 aliphatic heterocycles. The van der Waals surface area contributed by atoms with E-state index in [0.29, 0.717) is 16.5 Å².